The number of anilines is 1. The van der Waals surface area contributed by atoms with Gasteiger partial charge in [0.05, 0.1) is 21.8 Å². The number of carbonyl (C=O) groups is 2. The number of sulfone groups is 1. The van der Waals surface area contributed by atoms with Gasteiger partial charge in [0.1, 0.15) is 11.4 Å². The molecule has 3 aliphatic carbocycles. The number of nitrogens with zero attached hydrogens (tertiary/aromatic N) is 1. The topological polar surface area (TPSA) is 112 Å². The van der Waals surface area contributed by atoms with Crippen LogP contribution in [0.3, 0.4) is 0 Å². The predicted octanol–water partition coefficient (Wildman–Crippen LogP) is 6.56. The molecule has 0 saturated heterocycles. The normalized spacial score (nSPS) is 20.4. The van der Waals surface area contributed by atoms with Crippen molar-refractivity contribution in [2.75, 3.05) is 5.32 Å². The fourth-order valence-electron chi connectivity index (χ4n) is 6.15. The van der Waals surface area contributed by atoms with Gasteiger partial charge in [0.2, 0.25) is 0 Å². The highest BCUT2D eigenvalue weighted by atomic mass is 32.2. The molecule has 1 aromatic heterocycles. The molecule has 3 aliphatic rings. The van der Waals surface area contributed by atoms with Gasteiger partial charge in [0.25, 0.3) is 5.91 Å². The van der Waals surface area contributed by atoms with E-state index in [0.29, 0.717) is 23.8 Å². The van der Waals surface area contributed by atoms with Crippen LogP contribution in [0.15, 0.2) is 47.5 Å². The van der Waals surface area contributed by atoms with E-state index in [-0.39, 0.29) is 27.6 Å². The van der Waals surface area contributed by atoms with Crippen LogP contribution in [-0.2, 0) is 24.1 Å². The molecule has 8 nitrogen and oxygen atoms in total. The lowest BCUT2D eigenvalue weighted by molar-refractivity contribution is -0.135. The molecule has 1 spiro atoms. The fraction of sp³-hybridized carbons (Fsp3) is 0.594. The minimum Gasteiger partial charge on any atom is -0.456 e. The Morgan fingerprint density at radius 2 is 1.59 bits per heavy atom. The summed E-state index contributed by atoms with van der Waals surface area (Å²) in [6, 6.07) is 9.66. The Kier molecular flexibility index (Phi) is 8.58. The van der Waals surface area contributed by atoms with Crippen LogP contribution in [0.4, 0.5) is 5.82 Å². The number of ether oxygens (including phenoxy) is 2. The molecule has 1 N–H and O–H groups in total. The molecular formula is C32H42N2O6S. The number of esters is 1. The maximum atomic E-state index is 13.6. The summed E-state index contributed by atoms with van der Waals surface area (Å²) in [6.07, 6.45) is 12.3. The molecule has 3 fully saturated rings. The first kappa shape index (κ1) is 29.7. The van der Waals surface area contributed by atoms with E-state index in [2.05, 4.69) is 10.3 Å². The van der Waals surface area contributed by atoms with Crippen LogP contribution < -0.4 is 5.32 Å². The Hall–Kier alpha value is -2.78. The van der Waals surface area contributed by atoms with Gasteiger partial charge in [-0.05, 0) is 107 Å². The Labute approximate surface area is 243 Å². The number of hydrogen-bond acceptors (Lipinski definition) is 7. The molecule has 0 radical (unpaired) electrons. The van der Waals surface area contributed by atoms with Crippen molar-refractivity contribution in [2.24, 2.45) is 5.41 Å². The Bertz CT molecular complexity index is 1330. The minimum absolute atomic E-state index is 0.0596. The van der Waals surface area contributed by atoms with E-state index in [1.807, 2.05) is 0 Å². The van der Waals surface area contributed by atoms with Gasteiger partial charge < -0.3 is 14.8 Å². The lowest BCUT2D eigenvalue weighted by atomic mass is 9.65. The highest BCUT2D eigenvalue weighted by Crippen LogP contribution is 2.48. The molecule has 9 heteroatoms. The van der Waals surface area contributed by atoms with Crippen molar-refractivity contribution in [3.8, 4) is 0 Å². The first-order chi connectivity index (χ1) is 19.4. The van der Waals surface area contributed by atoms with Crippen LogP contribution in [0.5, 0.6) is 0 Å². The van der Waals surface area contributed by atoms with E-state index < -0.39 is 33.4 Å². The third-order valence-corrected chi connectivity index (χ3v) is 10.9. The maximum Gasteiger partial charge on any atom is 0.340 e. The van der Waals surface area contributed by atoms with Crippen LogP contribution in [0.25, 0.3) is 0 Å². The number of benzene rings is 1. The summed E-state index contributed by atoms with van der Waals surface area (Å²) in [5.41, 5.74) is 0.685. The second-order valence-corrected chi connectivity index (χ2v) is 15.2. The third kappa shape index (κ3) is 7.36. The van der Waals surface area contributed by atoms with E-state index in [1.165, 1.54) is 38.3 Å². The van der Waals surface area contributed by atoms with E-state index in [9.17, 15) is 18.0 Å². The number of nitrogens with one attached hydrogen (secondary N) is 1. The average molecular weight is 583 g/mol. The van der Waals surface area contributed by atoms with Gasteiger partial charge >= 0.3 is 5.97 Å². The monoisotopic (exact) mass is 582 g/mol. The first-order valence-corrected chi connectivity index (χ1v) is 16.5. The van der Waals surface area contributed by atoms with Crippen molar-refractivity contribution in [2.45, 2.75) is 119 Å². The Morgan fingerprint density at radius 3 is 2.15 bits per heavy atom. The standard InChI is InChI=1S/C32H42N2O6S/c1-31(2,3)40-30(36)23-9-14-27(33-21-23)34-29(35)28(22-7-10-25(11-8-22)41(37,38)26-12-13-26)39-24-15-19-32(20-16-24)17-5-4-6-18-32/h7-11,14,21,24,26,28H,4-6,12-13,15-20H2,1-3H3,(H,33,34,35). The lowest BCUT2D eigenvalue weighted by Gasteiger charge is -2.43. The summed E-state index contributed by atoms with van der Waals surface area (Å²) in [4.78, 5) is 30.5. The van der Waals surface area contributed by atoms with Gasteiger partial charge in [-0.2, -0.15) is 0 Å². The Balaban J connectivity index is 1.31. The zero-order chi connectivity index (χ0) is 29.3. The highest BCUT2D eigenvalue weighted by Gasteiger charge is 2.39. The second-order valence-electron chi connectivity index (χ2n) is 13.0. The number of rotatable bonds is 8. The van der Waals surface area contributed by atoms with Crippen molar-refractivity contribution in [3.63, 3.8) is 0 Å². The molecule has 3 saturated carbocycles. The van der Waals surface area contributed by atoms with Gasteiger partial charge in [0, 0.05) is 6.20 Å². The van der Waals surface area contributed by atoms with Crippen LogP contribution in [0.1, 0.15) is 113 Å². The Morgan fingerprint density at radius 1 is 0.927 bits per heavy atom. The summed E-state index contributed by atoms with van der Waals surface area (Å²) in [5.74, 6) is -0.592. The van der Waals surface area contributed by atoms with Crippen molar-refractivity contribution in [1.82, 2.24) is 4.98 Å². The van der Waals surface area contributed by atoms with Gasteiger partial charge in [-0.1, -0.05) is 31.4 Å². The minimum atomic E-state index is -3.33. The van der Waals surface area contributed by atoms with Gasteiger partial charge in [-0.3, -0.25) is 4.79 Å². The van der Waals surface area contributed by atoms with Crippen molar-refractivity contribution >= 4 is 27.5 Å². The molecule has 1 unspecified atom stereocenters. The van der Waals surface area contributed by atoms with E-state index >= 15 is 0 Å². The van der Waals surface area contributed by atoms with Crippen LogP contribution in [0, 0.1) is 5.41 Å². The molecule has 1 aromatic carbocycles. The van der Waals surface area contributed by atoms with E-state index in [1.54, 1.807) is 57.2 Å². The maximum absolute atomic E-state index is 13.6. The number of pyridine rings is 1. The van der Waals surface area contributed by atoms with Crippen molar-refractivity contribution in [1.29, 1.82) is 0 Å². The van der Waals surface area contributed by atoms with Gasteiger partial charge in [-0.25, -0.2) is 18.2 Å². The molecule has 2 aromatic rings. The zero-order valence-corrected chi connectivity index (χ0v) is 25.2. The van der Waals surface area contributed by atoms with E-state index in [4.69, 9.17) is 9.47 Å². The predicted molar refractivity (Wildman–Crippen MR) is 156 cm³/mol. The molecule has 41 heavy (non-hydrogen) atoms. The number of amides is 1. The van der Waals surface area contributed by atoms with Crippen LogP contribution >= 0.6 is 0 Å². The molecule has 5 rings (SSSR count). The largest absolute Gasteiger partial charge is 0.456 e. The van der Waals surface area contributed by atoms with Crippen LogP contribution in [0.2, 0.25) is 0 Å². The number of hydrogen-bond donors (Lipinski definition) is 1. The van der Waals surface area contributed by atoms with E-state index in [0.717, 1.165) is 25.7 Å². The SMILES string of the molecule is CC(C)(C)OC(=O)c1ccc(NC(=O)C(OC2CCC3(CCCCC3)CC2)c2ccc(S(=O)(=O)C3CC3)cc2)nc1. The average Bonchev–Trinajstić information content (AvgIpc) is 3.79. The highest BCUT2D eigenvalue weighted by molar-refractivity contribution is 7.92. The first-order valence-electron chi connectivity index (χ1n) is 14.9. The smallest absolute Gasteiger partial charge is 0.340 e. The molecule has 1 amide bonds. The molecule has 0 bridgehead atoms. The quantitative estimate of drug-likeness (QED) is 0.351. The molecule has 1 atom stereocenters. The molecular weight excluding hydrogens is 540 g/mol. The summed E-state index contributed by atoms with van der Waals surface area (Å²) in [5, 5.41) is 2.53. The van der Waals surface area contributed by atoms with Crippen LogP contribution in [-0.4, -0.2) is 42.2 Å². The molecule has 0 aliphatic heterocycles. The second kappa shape index (κ2) is 11.8. The lowest BCUT2D eigenvalue weighted by Crippen LogP contribution is -2.35. The summed E-state index contributed by atoms with van der Waals surface area (Å²) < 4.78 is 37.3. The molecule has 222 valence electrons. The number of carbonyl (C=O) groups excluding carboxylic acids is 2. The van der Waals surface area contributed by atoms with Crippen molar-refractivity contribution < 1.29 is 27.5 Å². The molecule has 1 heterocycles. The number of aromatic nitrogens is 1. The summed E-state index contributed by atoms with van der Waals surface area (Å²) in [6.45, 7) is 5.38. The fourth-order valence-corrected chi connectivity index (χ4v) is 7.80. The summed E-state index contributed by atoms with van der Waals surface area (Å²) in [7, 11) is -3.33. The van der Waals surface area contributed by atoms with Gasteiger partial charge in [0.15, 0.2) is 15.9 Å². The third-order valence-electron chi connectivity index (χ3n) is 8.60. The zero-order valence-electron chi connectivity index (χ0n) is 24.4. The van der Waals surface area contributed by atoms with Crippen molar-refractivity contribution in [3.05, 3.63) is 53.7 Å². The summed E-state index contributed by atoms with van der Waals surface area (Å²) >= 11 is 0. The van der Waals surface area contributed by atoms with Gasteiger partial charge in [-0.15, -0.1) is 0 Å².